The molecule has 2 aliphatic rings. The Morgan fingerprint density at radius 3 is 2.60 bits per heavy atom. The van der Waals surface area contributed by atoms with Gasteiger partial charge in [0.15, 0.2) is 0 Å². The van der Waals surface area contributed by atoms with Crippen LogP contribution in [0.1, 0.15) is 32.1 Å². The highest BCUT2D eigenvalue weighted by molar-refractivity contribution is 5.87. The van der Waals surface area contributed by atoms with Crippen LogP contribution in [0.4, 0.5) is 4.79 Å². The molecular formula is C10H17N3O2. The van der Waals surface area contributed by atoms with Gasteiger partial charge in [0, 0.05) is 12.6 Å². The summed E-state index contributed by atoms with van der Waals surface area (Å²) < 4.78 is 0. The molecule has 0 spiro atoms. The van der Waals surface area contributed by atoms with E-state index in [1.807, 2.05) is 0 Å². The van der Waals surface area contributed by atoms with Crippen LogP contribution in [0.2, 0.25) is 0 Å². The first-order valence-corrected chi connectivity index (χ1v) is 5.60. The van der Waals surface area contributed by atoms with E-state index in [0.29, 0.717) is 6.04 Å². The molecule has 3 amide bonds. The summed E-state index contributed by atoms with van der Waals surface area (Å²) in [5.74, 6) is -0.0648. The normalized spacial score (nSPS) is 26.4. The minimum atomic E-state index is -0.348. The van der Waals surface area contributed by atoms with Gasteiger partial charge in [-0.05, 0) is 32.1 Å². The Bertz CT molecular complexity index is 263. The number of hydrogen-bond acceptors (Lipinski definition) is 2. The first kappa shape index (κ1) is 10.3. The summed E-state index contributed by atoms with van der Waals surface area (Å²) >= 11 is 0. The summed E-state index contributed by atoms with van der Waals surface area (Å²) in [5.41, 5.74) is 0. The van der Waals surface area contributed by atoms with E-state index in [0.717, 1.165) is 32.2 Å². The molecule has 1 unspecified atom stereocenters. The second kappa shape index (κ2) is 4.51. The molecule has 2 rings (SSSR count). The molecule has 1 aliphatic heterocycles. The van der Waals surface area contributed by atoms with Crippen LogP contribution in [0, 0.1) is 0 Å². The molecule has 0 radical (unpaired) electrons. The Balaban J connectivity index is 1.74. The van der Waals surface area contributed by atoms with E-state index in [-0.39, 0.29) is 18.0 Å². The van der Waals surface area contributed by atoms with Crippen molar-refractivity contribution >= 4 is 11.9 Å². The summed E-state index contributed by atoms with van der Waals surface area (Å²) in [6.45, 7) is 0.723. The molecule has 1 aliphatic carbocycles. The van der Waals surface area contributed by atoms with E-state index in [4.69, 9.17) is 0 Å². The highest BCUT2D eigenvalue weighted by atomic mass is 16.2. The lowest BCUT2D eigenvalue weighted by atomic mass is 9.93. The van der Waals surface area contributed by atoms with E-state index in [1.54, 1.807) is 0 Å². The van der Waals surface area contributed by atoms with Crippen molar-refractivity contribution in [2.24, 2.45) is 0 Å². The molecule has 0 bridgehead atoms. The van der Waals surface area contributed by atoms with Gasteiger partial charge in [-0.15, -0.1) is 0 Å². The van der Waals surface area contributed by atoms with Crippen LogP contribution in [-0.2, 0) is 4.79 Å². The quantitative estimate of drug-likeness (QED) is 0.607. The molecular weight excluding hydrogens is 194 g/mol. The van der Waals surface area contributed by atoms with Crippen molar-refractivity contribution in [2.75, 3.05) is 6.54 Å². The molecule has 1 heterocycles. The third-order valence-electron chi connectivity index (χ3n) is 3.03. The van der Waals surface area contributed by atoms with Crippen molar-refractivity contribution in [3.63, 3.8) is 0 Å². The van der Waals surface area contributed by atoms with Crippen LogP contribution in [0.5, 0.6) is 0 Å². The van der Waals surface area contributed by atoms with E-state index < -0.39 is 0 Å². The lowest BCUT2D eigenvalue weighted by Crippen LogP contribution is -2.54. The maximum atomic E-state index is 11.5. The molecule has 5 heteroatoms. The van der Waals surface area contributed by atoms with Gasteiger partial charge in [0.2, 0.25) is 5.91 Å². The number of amides is 3. The lowest BCUT2D eigenvalue weighted by Gasteiger charge is -2.28. The zero-order valence-corrected chi connectivity index (χ0v) is 8.71. The van der Waals surface area contributed by atoms with Gasteiger partial charge in [0.25, 0.3) is 0 Å². The molecule has 3 N–H and O–H groups in total. The van der Waals surface area contributed by atoms with Crippen molar-refractivity contribution in [2.45, 2.75) is 44.2 Å². The van der Waals surface area contributed by atoms with Gasteiger partial charge in [0.05, 0.1) is 0 Å². The van der Waals surface area contributed by atoms with Crippen LogP contribution in [-0.4, -0.2) is 30.6 Å². The summed E-state index contributed by atoms with van der Waals surface area (Å²) in [5, 5.41) is 8.30. The number of hydrogen-bond donors (Lipinski definition) is 3. The van der Waals surface area contributed by atoms with Crippen molar-refractivity contribution in [3.8, 4) is 0 Å². The van der Waals surface area contributed by atoms with E-state index in [9.17, 15) is 9.59 Å². The van der Waals surface area contributed by atoms with Crippen molar-refractivity contribution < 1.29 is 9.59 Å². The van der Waals surface area contributed by atoms with Gasteiger partial charge in [-0.1, -0.05) is 0 Å². The number of piperidine rings is 1. The molecule has 1 saturated heterocycles. The fourth-order valence-corrected chi connectivity index (χ4v) is 1.85. The molecule has 84 valence electrons. The van der Waals surface area contributed by atoms with Crippen LogP contribution in [0.15, 0.2) is 0 Å². The first-order chi connectivity index (χ1) is 7.25. The predicted octanol–water partition coefficient (Wildman–Crippen LogP) is 0.117. The summed E-state index contributed by atoms with van der Waals surface area (Å²) in [4.78, 5) is 22.8. The Morgan fingerprint density at radius 2 is 2.00 bits per heavy atom. The second-order valence-electron chi connectivity index (χ2n) is 4.23. The molecule has 0 aromatic heterocycles. The summed E-state index contributed by atoms with van der Waals surface area (Å²) in [7, 11) is 0. The molecule has 5 nitrogen and oxygen atoms in total. The van der Waals surface area contributed by atoms with Crippen LogP contribution in [0.3, 0.4) is 0 Å². The van der Waals surface area contributed by atoms with Crippen molar-refractivity contribution in [1.82, 2.24) is 16.0 Å². The zero-order valence-electron chi connectivity index (χ0n) is 8.71. The average Bonchev–Trinajstić information content (AvgIpc) is 2.16. The lowest BCUT2D eigenvalue weighted by molar-refractivity contribution is -0.124. The number of carbonyl (C=O) groups is 2. The molecule has 1 saturated carbocycles. The molecule has 0 aromatic rings. The van der Waals surface area contributed by atoms with Gasteiger partial charge in [0.1, 0.15) is 6.04 Å². The number of urea groups is 1. The van der Waals surface area contributed by atoms with Crippen LogP contribution in [0.25, 0.3) is 0 Å². The van der Waals surface area contributed by atoms with Gasteiger partial charge in [-0.25, -0.2) is 4.79 Å². The fraction of sp³-hybridized carbons (Fsp3) is 0.800. The smallest absolute Gasteiger partial charge is 0.315 e. The standard InChI is InChI=1S/C10H17N3O2/c14-9-8(5-2-6-11-9)13-10(15)12-7-3-1-4-7/h7-8H,1-6H2,(H,11,14)(H2,12,13,15). The van der Waals surface area contributed by atoms with E-state index in [2.05, 4.69) is 16.0 Å². The average molecular weight is 211 g/mol. The molecule has 1 atom stereocenters. The fourth-order valence-electron chi connectivity index (χ4n) is 1.85. The minimum absolute atomic E-state index is 0.0648. The van der Waals surface area contributed by atoms with Gasteiger partial charge in [-0.3, -0.25) is 4.79 Å². The van der Waals surface area contributed by atoms with Crippen LogP contribution >= 0.6 is 0 Å². The third kappa shape index (κ3) is 2.61. The molecule has 0 aromatic carbocycles. The Hall–Kier alpha value is -1.26. The van der Waals surface area contributed by atoms with Gasteiger partial charge < -0.3 is 16.0 Å². The number of nitrogens with one attached hydrogen (secondary N) is 3. The highest BCUT2D eigenvalue weighted by Crippen LogP contribution is 2.17. The SMILES string of the molecule is O=C(NC1CCC1)NC1CCCNC1=O. The topological polar surface area (TPSA) is 70.2 Å². The zero-order chi connectivity index (χ0) is 10.7. The predicted molar refractivity (Wildman–Crippen MR) is 55.3 cm³/mol. The number of rotatable bonds is 2. The minimum Gasteiger partial charge on any atom is -0.354 e. The number of carbonyl (C=O) groups excluding carboxylic acids is 2. The van der Waals surface area contributed by atoms with Gasteiger partial charge >= 0.3 is 6.03 Å². The Morgan fingerprint density at radius 1 is 1.20 bits per heavy atom. The van der Waals surface area contributed by atoms with E-state index in [1.165, 1.54) is 6.42 Å². The maximum absolute atomic E-state index is 11.5. The summed E-state index contributed by atoms with van der Waals surface area (Å²) in [6.07, 6.45) is 4.98. The molecule has 15 heavy (non-hydrogen) atoms. The first-order valence-electron chi connectivity index (χ1n) is 5.60. The van der Waals surface area contributed by atoms with Crippen molar-refractivity contribution in [3.05, 3.63) is 0 Å². The van der Waals surface area contributed by atoms with Crippen molar-refractivity contribution in [1.29, 1.82) is 0 Å². The third-order valence-corrected chi connectivity index (χ3v) is 3.03. The summed E-state index contributed by atoms with van der Waals surface area (Å²) in [6, 6.07) is -0.239. The van der Waals surface area contributed by atoms with Crippen LogP contribution < -0.4 is 16.0 Å². The Labute approximate surface area is 89.0 Å². The Kier molecular flexibility index (Phi) is 3.08. The molecule has 2 fully saturated rings. The monoisotopic (exact) mass is 211 g/mol. The highest BCUT2D eigenvalue weighted by Gasteiger charge is 2.25. The second-order valence-corrected chi connectivity index (χ2v) is 4.23. The maximum Gasteiger partial charge on any atom is 0.315 e. The largest absolute Gasteiger partial charge is 0.354 e. The van der Waals surface area contributed by atoms with E-state index >= 15 is 0 Å². The van der Waals surface area contributed by atoms with Gasteiger partial charge in [-0.2, -0.15) is 0 Å².